The molecule has 1 saturated heterocycles. The number of hydrogen-bond donors (Lipinski definition) is 1. The average Bonchev–Trinajstić information content (AvgIpc) is 2.45. The molecule has 2 rings (SSSR count). The van der Waals surface area contributed by atoms with Crippen LogP contribution in [0.15, 0.2) is 6.07 Å². The topological polar surface area (TPSA) is 75.3 Å². The molecule has 0 radical (unpaired) electrons. The van der Waals surface area contributed by atoms with Crippen LogP contribution in [0, 0.1) is 6.92 Å². The summed E-state index contributed by atoms with van der Waals surface area (Å²) in [5, 5.41) is 0. The highest BCUT2D eigenvalue weighted by atomic mass is 16.1. The van der Waals surface area contributed by atoms with E-state index in [1.165, 1.54) is 0 Å². The Labute approximate surface area is 126 Å². The maximum Gasteiger partial charge on any atom is 0.218 e. The largest absolute Gasteiger partial charge is 0.370 e. The first-order valence-corrected chi connectivity index (χ1v) is 7.57. The second kappa shape index (κ2) is 6.85. The highest BCUT2D eigenvalue weighted by Crippen LogP contribution is 2.18. The smallest absolute Gasteiger partial charge is 0.218 e. The van der Waals surface area contributed by atoms with E-state index in [4.69, 9.17) is 5.73 Å². The van der Waals surface area contributed by atoms with Crippen molar-refractivity contribution >= 4 is 11.7 Å². The van der Waals surface area contributed by atoms with Gasteiger partial charge in [-0.3, -0.25) is 9.69 Å². The van der Waals surface area contributed by atoms with Gasteiger partial charge in [-0.05, 0) is 6.92 Å². The molecule has 0 aliphatic carbocycles. The predicted octanol–water partition coefficient (Wildman–Crippen LogP) is 0.906. The summed E-state index contributed by atoms with van der Waals surface area (Å²) in [4.78, 5) is 24.6. The summed E-state index contributed by atoms with van der Waals surface area (Å²) < 4.78 is 0. The van der Waals surface area contributed by atoms with Crippen molar-refractivity contribution in [2.45, 2.75) is 33.1 Å². The van der Waals surface area contributed by atoms with Crippen LogP contribution in [-0.2, 0) is 4.79 Å². The van der Waals surface area contributed by atoms with Crippen LogP contribution in [0.5, 0.6) is 0 Å². The molecule has 6 nitrogen and oxygen atoms in total. The summed E-state index contributed by atoms with van der Waals surface area (Å²) in [5.41, 5.74) is 6.21. The number of rotatable bonds is 5. The van der Waals surface area contributed by atoms with Gasteiger partial charge in [-0.2, -0.15) is 0 Å². The van der Waals surface area contributed by atoms with E-state index in [-0.39, 0.29) is 5.91 Å². The van der Waals surface area contributed by atoms with E-state index in [2.05, 4.69) is 33.6 Å². The van der Waals surface area contributed by atoms with Crippen LogP contribution in [0.4, 0.5) is 5.82 Å². The summed E-state index contributed by atoms with van der Waals surface area (Å²) in [7, 11) is 0. The van der Waals surface area contributed by atoms with E-state index in [0.717, 1.165) is 50.1 Å². The van der Waals surface area contributed by atoms with E-state index in [0.29, 0.717) is 12.3 Å². The third-order valence-corrected chi connectivity index (χ3v) is 3.75. The van der Waals surface area contributed by atoms with Crippen LogP contribution < -0.4 is 10.6 Å². The second-order valence-electron chi connectivity index (χ2n) is 5.93. The van der Waals surface area contributed by atoms with Crippen molar-refractivity contribution < 1.29 is 4.79 Å². The van der Waals surface area contributed by atoms with Crippen molar-refractivity contribution in [2.24, 2.45) is 5.73 Å². The van der Waals surface area contributed by atoms with Crippen molar-refractivity contribution in [2.75, 3.05) is 37.6 Å². The Kier molecular flexibility index (Phi) is 5.12. The molecule has 1 aromatic heterocycles. The Bertz CT molecular complexity index is 495. The Balaban J connectivity index is 1.97. The first-order valence-electron chi connectivity index (χ1n) is 7.57. The van der Waals surface area contributed by atoms with Crippen LogP contribution in [0.2, 0.25) is 0 Å². The standard InChI is InChI=1S/C15H25N5O/c1-11(2)15-17-12(3)10-14(18-15)20-8-6-19(7-9-20)5-4-13(16)21/h10-11H,4-9H2,1-3H3,(H2,16,21). The maximum atomic E-state index is 10.8. The summed E-state index contributed by atoms with van der Waals surface area (Å²) >= 11 is 0. The van der Waals surface area contributed by atoms with E-state index in [9.17, 15) is 4.79 Å². The average molecular weight is 291 g/mol. The molecule has 1 aromatic rings. The fourth-order valence-electron chi connectivity index (χ4n) is 2.46. The van der Waals surface area contributed by atoms with Gasteiger partial charge in [-0.25, -0.2) is 9.97 Å². The van der Waals surface area contributed by atoms with Gasteiger partial charge in [0, 0.05) is 56.8 Å². The third kappa shape index (κ3) is 4.39. The van der Waals surface area contributed by atoms with E-state index < -0.39 is 0 Å². The van der Waals surface area contributed by atoms with Crippen molar-refractivity contribution in [1.82, 2.24) is 14.9 Å². The molecule has 0 saturated carbocycles. The first-order chi connectivity index (χ1) is 9.95. The number of piperazine rings is 1. The number of carbonyl (C=O) groups is 1. The van der Waals surface area contributed by atoms with Crippen molar-refractivity contribution in [3.8, 4) is 0 Å². The second-order valence-corrected chi connectivity index (χ2v) is 5.93. The fourth-order valence-corrected chi connectivity index (χ4v) is 2.46. The predicted molar refractivity (Wildman–Crippen MR) is 83.3 cm³/mol. The SMILES string of the molecule is Cc1cc(N2CCN(CCC(N)=O)CC2)nc(C(C)C)n1. The molecule has 1 aliphatic heterocycles. The molecule has 1 amide bonds. The zero-order valence-corrected chi connectivity index (χ0v) is 13.2. The quantitative estimate of drug-likeness (QED) is 0.872. The van der Waals surface area contributed by atoms with Gasteiger partial charge in [-0.1, -0.05) is 13.8 Å². The molecule has 21 heavy (non-hydrogen) atoms. The molecule has 1 aliphatic rings. The van der Waals surface area contributed by atoms with Gasteiger partial charge in [0.15, 0.2) is 0 Å². The Morgan fingerprint density at radius 2 is 1.95 bits per heavy atom. The number of aromatic nitrogens is 2. The summed E-state index contributed by atoms with van der Waals surface area (Å²) in [5.74, 6) is 2.02. The van der Waals surface area contributed by atoms with E-state index >= 15 is 0 Å². The summed E-state index contributed by atoms with van der Waals surface area (Å²) in [6, 6.07) is 2.05. The first kappa shape index (κ1) is 15.7. The zero-order chi connectivity index (χ0) is 15.4. The van der Waals surface area contributed by atoms with Crippen molar-refractivity contribution in [3.05, 3.63) is 17.6 Å². The molecule has 2 heterocycles. The molecule has 0 bridgehead atoms. The monoisotopic (exact) mass is 291 g/mol. The minimum Gasteiger partial charge on any atom is -0.370 e. The molecule has 0 spiro atoms. The molecular formula is C15H25N5O. The van der Waals surface area contributed by atoms with Crippen molar-refractivity contribution in [1.29, 1.82) is 0 Å². The number of anilines is 1. The van der Waals surface area contributed by atoms with Crippen LogP contribution in [-0.4, -0.2) is 53.5 Å². The van der Waals surface area contributed by atoms with Gasteiger partial charge in [0.25, 0.3) is 0 Å². The number of amides is 1. The van der Waals surface area contributed by atoms with E-state index in [1.54, 1.807) is 0 Å². The normalized spacial score (nSPS) is 16.5. The molecule has 0 atom stereocenters. The van der Waals surface area contributed by atoms with Gasteiger partial charge in [-0.15, -0.1) is 0 Å². The number of primary amides is 1. The lowest BCUT2D eigenvalue weighted by Gasteiger charge is -2.35. The number of nitrogens with two attached hydrogens (primary N) is 1. The highest BCUT2D eigenvalue weighted by molar-refractivity contribution is 5.73. The Hall–Kier alpha value is -1.69. The minimum atomic E-state index is -0.231. The lowest BCUT2D eigenvalue weighted by atomic mass is 10.2. The molecule has 116 valence electrons. The molecule has 1 fully saturated rings. The highest BCUT2D eigenvalue weighted by Gasteiger charge is 2.19. The van der Waals surface area contributed by atoms with Crippen molar-refractivity contribution in [3.63, 3.8) is 0 Å². The third-order valence-electron chi connectivity index (χ3n) is 3.75. The van der Waals surface area contributed by atoms with Crippen LogP contribution >= 0.6 is 0 Å². The Morgan fingerprint density at radius 1 is 1.29 bits per heavy atom. The summed E-state index contributed by atoms with van der Waals surface area (Å²) in [6.45, 7) is 10.7. The molecule has 6 heteroatoms. The van der Waals surface area contributed by atoms with Gasteiger partial charge < -0.3 is 10.6 Å². The van der Waals surface area contributed by atoms with E-state index in [1.807, 2.05) is 13.0 Å². The fraction of sp³-hybridized carbons (Fsp3) is 0.667. The van der Waals surface area contributed by atoms with Gasteiger partial charge in [0.05, 0.1) is 0 Å². The molecular weight excluding hydrogens is 266 g/mol. The Morgan fingerprint density at radius 3 is 2.52 bits per heavy atom. The van der Waals surface area contributed by atoms with Crippen LogP contribution in [0.3, 0.4) is 0 Å². The molecule has 0 unspecified atom stereocenters. The summed E-state index contributed by atoms with van der Waals surface area (Å²) in [6.07, 6.45) is 0.435. The lowest BCUT2D eigenvalue weighted by Crippen LogP contribution is -2.47. The van der Waals surface area contributed by atoms with Gasteiger partial charge >= 0.3 is 0 Å². The number of carbonyl (C=O) groups excluding carboxylic acids is 1. The maximum absolute atomic E-state index is 10.8. The van der Waals surface area contributed by atoms with Gasteiger partial charge in [0.1, 0.15) is 11.6 Å². The number of nitrogens with zero attached hydrogens (tertiary/aromatic N) is 4. The minimum absolute atomic E-state index is 0.231. The van der Waals surface area contributed by atoms with Crippen LogP contribution in [0.25, 0.3) is 0 Å². The number of aryl methyl sites for hydroxylation is 1. The van der Waals surface area contributed by atoms with Gasteiger partial charge in [0.2, 0.25) is 5.91 Å². The lowest BCUT2D eigenvalue weighted by molar-refractivity contribution is -0.118. The molecule has 0 aromatic carbocycles. The number of hydrogen-bond acceptors (Lipinski definition) is 5. The zero-order valence-electron chi connectivity index (χ0n) is 13.2. The molecule has 2 N–H and O–H groups in total. The van der Waals surface area contributed by atoms with Crippen LogP contribution in [0.1, 0.15) is 37.7 Å².